The molecule has 1 aromatic heterocycles. The molecule has 0 unspecified atom stereocenters. The molecule has 1 aliphatic heterocycles. The molecule has 37 heavy (non-hydrogen) atoms. The van der Waals surface area contributed by atoms with Crippen molar-refractivity contribution in [3.8, 4) is 5.75 Å². The fourth-order valence-electron chi connectivity index (χ4n) is 3.64. The molecule has 1 aromatic carbocycles. The van der Waals surface area contributed by atoms with Gasteiger partial charge < -0.3 is 24.5 Å². The van der Waals surface area contributed by atoms with E-state index < -0.39 is 38.6 Å². The van der Waals surface area contributed by atoms with Crippen LogP contribution in [-0.2, 0) is 19.6 Å². The average Bonchev–Trinajstić information content (AvgIpc) is 3.41. The van der Waals surface area contributed by atoms with Crippen molar-refractivity contribution >= 4 is 33.4 Å². The first-order valence-electron chi connectivity index (χ1n) is 11.8. The molecule has 200 valence electrons. The van der Waals surface area contributed by atoms with Gasteiger partial charge in [0.25, 0.3) is 15.9 Å². The van der Waals surface area contributed by atoms with Gasteiger partial charge in [0.1, 0.15) is 17.5 Å². The zero-order valence-electron chi connectivity index (χ0n) is 21.7. The predicted molar refractivity (Wildman–Crippen MR) is 139 cm³/mol. The van der Waals surface area contributed by atoms with Crippen molar-refractivity contribution in [2.75, 3.05) is 26.0 Å². The molecule has 3 rings (SSSR count). The van der Waals surface area contributed by atoms with Crippen LogP contribution in [0.2, 0.25) is 0 Å². The van der Waals surface area contributed by atoms with E-state index in [4.69, 9.17) is 9.15 Å². The van der Waals surface area contributed by atoms with Crippen LogP contribution in [0.5, 0.6) is 5.75 Å². The van der Waals surface area contributed by atoms with Gasteiger partial charge in [-0.25, -0.2) is 13.2 Å². The molecule has 1 atom stereocenters. The summed E-state index contributed by atoms with van der Waals surface area (Å²) in [5.41, 5.74) is 0.749. The number of sulfonamides is 1. The zero-order chi connectivity index (χ0) is 27.5. The van der Waals surface area contributed by atoms with E-state index in [1.807, 2.05) is 26.8 Å². The number of furan rings is 1. The number of nitrogens with one attached hydrogen (secondary N) is 2. The minimum atomic E-state index is -4.35. The fourth-order valence-corrected chi connectivity index (χ4v) is 4.84. The Balaban J connectivity index is 2.15. The van der Waals surface area contributed by atoms with Crippen LogP contribution in [0.15, 0.2) is 50.5 Å². The lowest BCUT2D eigenvalue weighted by Crippen LogP contribution is -2.27. The van der Waals surface area contributed by atoms with Gasteiger partial charge >= 0.3 is 5.97 Å². The van der Waals surface area contributed by atoms with E-state index in [-0.39, 0.29) is 35.3 Å². The van der Waals surface area contributed by atoms with Crippen molar-refractivity contribution in [2.24, 2.45) is 4.99 Å². The van der Waals surface area contributed by atoms with Gasteiger partial charge in [0.15, 0.2) is 16.5 Å². The maximum atomic E-state index is 13.0. The van der Waals surface area contributed by atoms with Gasteiger partial charge in [0.05, 0.1) is 24.1 Å². The minimum absolute atomic E-state index is 0.00393. The SMILES string of the molecule is CCOC(=O)C1=C(Nc2cccc(C(=O)N(C)C)c2O)C(=N[C@H](CC)c2cc(C(C)C)co2)NS1(=O)=O. The number of aliphatic imine (C=N–C) groups is 1. The third-order valence-corrected chi connectivity index (χ3v) is 7.03. The molecular formula is C25H32N4O7S. The number of nitrogens with zero attached hydrogens (tertiary/aromatic N) is 2. The van der Waals surface area contributed by atoms with E-state index in [9.17, 15) is 23.1 Å². The normalized spacial score (nSPS) is 16.6. The van der Waals surface area contributed by atoms with Crippen LogP contribution >= 0.6 is 0 Å². The van der Waals surface area contributed by atoms with Crippen molar-refractivity contribution in [3.63, 3.8) is 0 Å². The molecule has 0 aliphatic carbocycles. The number of benzene rings is 1. The highest BCUT2D eigenvalue weighted by Crippen LogP contribution is 2.34. The van der Waals surface area contributed by atoms with E-state index in [2.05, 4.69) is 15.0 Å². The fraction of sp³-hybridized carbons (Fsp3) is 0.400. The van der Waals surface area contributed by atoms with Gasteiger partial charge in [-0.3, -0.25) is 14.5 Å². The predicted octanol–water partition coefficient (Wildman–Crippen LogP) is 3.48. The van der Waals surface area contributed by atoms with Crippen molar-refractivity contribution < 1.29 is 32.3 Å². The average molecular weight is 533 g/mol. The Hall–Kier alpha value is -3.80. The number of carbonyl (C=O) groups excluding carboxylic acids is 2. The molecule has 0 fully saturated rings. The largest absolute Gasteiger partial charge is 0.505 e. The second-order valence-corrected chi connectivity index (χ2v) is 10.5. The first-order valence-corrected chi connectivity index (χ1v) is 13.3. The Bertz CT molecular complexity index is 1360. The number of ether oxygens (including phenoxy) is 1. The number of amidine groups is 1. The number of phenolic OH excluding ortho intramolecular Hbond substituents is 1. The third-order valence-electron chi connectivity index (χ3n) is 5.66. The summed E-state index contributed by atoms with van der Waals surface area (Å²) in [4.78, 5) is 30.4. The van der Waals surface area contributed by atoms with Crippen LogP contribution in [0.3, 0.4) is 0 Å². The summed E-state index contributed by atoms with van der Waals surface area (Å²) in [6.07, 6.45) is 2.10. The molecule has 2 aromatic rings. The highest BCUT2D eigenvalue weighted by Gasteiger charge is 2.41. The molecular weight excluding hydrogens is 500 g/mol. The van der Waals surface area contributed by atoms with Crippen molar-refractivity contribution in [2.45, 2.75) is 46.1 Å². The van der Waals surface area contributed by atoms with E-state index in [0.717, 1.165) is 5.56 Å². The lowest BCUT2D eigenvalue weighted by atomic mass is 10.1. The number of esters is 1. The molecule has 3 N–H and O–H groups in total. The first-order chi connectivity index (χ1) is 17.4. The lowest BCUT2D eigenvalue weighted by molar-refractivity contribution is -0.137. The Morgan fingerprint density at radius 3 is 2.51 bits per heavy atom. The van der Waals surface area contributed by atoms with Crippen molar-refractivity contribution in [1.29, 1.82) is 0 Å². The highest BCUT2D eigenvalue weighted by atomic mass is 32.2. The second kappa shape index (κ2) is 11.1. The summed E-state index contributed by atoms with van der Waals surface area (Å²) in [7, 11) is -1.28. The number of anilines is 1. The summed E-state index contributed by atoms with van der Waals surface area (Å²) in [5, 5.41) is 13.6. The Kier molecular flexibility index (Phi) is 8.32. The van der Waals surface area contributed by atoms with Gasteiger partial charge in [0, 0.05) is 14.1 Å². The molecule has 0 spiro atoms. The number of amides is 1. The number of hydrogen-bond donors (Lipinski definition) is 3. The molecule has 2 heterocycles. The summed E-state index contributed by atoms with van der Waals surface area (Å²) in [5.74, 6) is -1.36. The van der Waals surface area contributed by atoms with Crippen LogP contribution in [0.4, 0.5) is 5.69 Å². The molecule has 0 radical (unpaired) electrons. The van der Waals surface area contributed by atoms with Crippen LogP contribution in [0.25, 0.3) is 0 Å². The number of carbonyl (C=O) groups is 2. The van der Waals surface area contributed by atoms with E-state index in [0.29, 0.717) is 12.2 Å². The summed E-state index contributed by atoms with van der Waals surface area (Å²) in [6.45, 7) is 7.39. The van der Waals surface area contributed by atoms with E-state index >= 15 is 0 Å². The lowest BCUT2D eigenvalue weighted by Gasteiger charge is -2.16. The number of phenols is 1. The van der Waals surface area contributed by atoms with Gasteiger partial charge in [0.2, 0.25) is 0 Å². The summed E-state index contributed by atoms with van der Waals surface area (Å²) < 4.78 is 39.0. The first kappa shape index (κ1) is 27.8. The van der Waals surface area contributed by atoms with Crippen molar-refractivity contribution in [3.05, 3.63) is 58.0 Å². The quantitative estimate of drug-likeness (QED) is 0.328. The van der Waals surface area contributed by atoms with Crippen LogP contribution in [0, 0.1) is 0 Å². The number of hydrogen-bond acceptors (Lipinski definition) is 9. The minimum Gasteiger partial charge on any atom is -0.505 e. The molecule has 0 saturated carbocycles. The van der Waals surface area contributed by atoms with Crippen LogP contribution < -0.4 is 10.0 Å². The van der Waals surface area contributed by atoms with Crippen LogP contribution in [0.1, 0.15) is 67.8 Å². The second-order valence-electron chi connectivity index (χ2n) is 8.90. The van der Waals surface area contributed by atoms with E-state index in [1.165, 1.54) is 37.2 Å². The highest BCUT2D eigenvalue weighted by molar-refractivity contribution is 7.95. The maximum Gasteiger partial charge on any atom is 0.354 e. The molecule has 0 saturated heterocycles. The summed E-state index contributed by atoms with van der Waals surface area (Å²) in [6, 6.07) is 5.68. The molecule has 1 amide bonds. The van der Waals surface area contributed by atoms with Gasteiger partial charge in [-0.1, -0.05) is 26.8 Å². The molecule has 11 nitrogen and oxygen atoms in total. The number of rotatable bonds is 9. The summed E-state index contributed by atoms with van der Waals surface area (Å²) >= 11 is 0. The topological polar surface area (TPSA) is 151 Å². The smallest absolute Gasteiger partial charge is 0.354 e. The Morgan fingerprint density at radius 1 is 1.24 bits per heavy atom. The Morgan fingerprint density at radius 2 is 1.95 bits per heavy atom. The molecule has 1 aliphatic rings. The monoisotopic (exact) mass is 532 g/mol. The number of aromatic hydroxyl groups is 1. The molecule has 0 bridgehead atoms. The Labute approximate surface area is 216 Å². The standard InChI is InChI=1S/C25H32N4O7S/c1-7-17(19-12-15(13-36-19)14(3)4)27-23-20(22(25(32)35-8-2)37(33,34)28-23)26-18-11-9-10-16(21(18)30)24(31)29(5)6/h9-14,17,26,30H,7-8H2,1-6H3,(H,27,28)/t17-/m1/s1. The zero-order valence-corrected chi connectivity index (χ0v) is 22.5. The van der Waals surface area contributed by atoms with Crippen molar-refractivity contribution in [1.82, 2.24) is 9.62 Å². The molecule has 12 heteroatoms. The van der Waals surface area contributed by atoms with Gasteiger partial charge in [-0.2, -0.15) is 0 Å². The van der Waals surface area contributed by atoms with E-state index in [1.54, 1.807) is 13.2 Å². The van der Waals surface area contributed by atoms with Crippen LogP contribution in [-0.4, -0.2) is 56.8 Å². The van der Waals surface area contributed by atoms with Gasteiger partial charge in [-0.15, -0.1) is 0 Å². The maximum absolute atomic E-state index is 13.0. The third kappa shape index (κ3) is 5.79. The number of para-hydroxylation sites is 1. The van der Waals surface area contributed by atoms with Gasteiger partial charge in [-0.05, 0) is 43.0 Å².